The van der Waals surface area contributed by atoms with Crippen LogP contribution in [-0.2, 0) is 4.74 Å². The topological polar surface area (TPSA) is 66.0 Å². The van der Waals surface area contributed by atoms with Gasteiger partial charge in [-0.05, 0) is 27.2 Å². The molecule has 1 saturated heterocycles. The maximum atomic E-state index is 11.6. The fourth-order valence-corrected chi connectivity index (χ4v) is 3.32. The zero-order chi connectivity index (χ0) is 16.6. The molecule has 7 heteroatoms. The Morgan fingerprint density at radius 3 is 2.64 bits per heavy atom. The molecule has 1 fully saturated rings. The van der Waals surface area contributed by atoms with Crippen LogP contribution in [0.3, 0.4) is 0 Å². The first kappa shape index (κ1) is 18.9. The van der Waals surface area contributed by atoms with Crippen LogP contribution in [0.25, 0.3) is 0 Å². The molecule has 0 saturated carbocycles. The van der Waals surface area contributed by atoms with Crippen LogP contribution in [0.5, 0.6) is 0 Å². The van der Waals surface area contributed by atoms with Crippen LogP contribution in [0, 0.1) is 0 Å². The van der Waals surface area contributed by atoms with Crippen molar-refractivity contribution >= 4 is 23.8 Å². The molecule has 22 heavy (non-hydrogen) atoms. The molecule has 2 N–H and O–H groups in total. The Kier molecular flexibility index (Phi) is 7.85. The van der Waals surface area contributed by atoms with Crippen molar-refractivity contribution in [2.75, 3.05) is 39.0 Å². The number of nitrogens with one attached hydrogen (secondary N) is 2. The van der Waals surface area contributed by atoms with E-state index in [0.29, 0.717) is 18.3 Å². The summed E-state index contributed by atoms with van der Waals surface area (Å²) in [7, 11) is 1.80. The van der Waals surface area contributed by atoms with Crippen molar-refractivity contribution in [1.29, 1.82) is 0 Å². The van der Waals surface area contributed by atoms with Gasteiger partial charge >= 0.3 is 6.09 Å². The minimum absolute atomic E-state index is 0.385. The van der Waals surface area contributed by atoms with E-state index in [2.05, 4.69) is 27.4 Å². The maximum Gasteiger partial charge on any atom is 0.407 e. The normalized spacial score (nSPS) is 19.8. The molecule has 0 radical (unpaired) electrons. The van der Waals surface area contributed by atoms with Gasteiger partial charge in [0.2, 0.25) is 0 Å². The number of carbonyl (C=O) groups excluding carboxylic acids is 1. The third kappa shape index (κ3) is 7.24. The molecule has 0 bridgehead atoms. The molecule has 6 nitrogen and oxygen atoms in total. The lowest BCUT2D eigenvalue weighted by molar-refractivity contribution is 0.0529. The van der Waals surface area contributed by atoms with E-state index in [1.165, 1.54) is 6.42 Å². The molecule has 128 valence electrons. The minimum atomic E-state index is -0.464. The number of hydrogen-bond acceptors (Lipinski definition) is 4. The van der Waals surface area contributed by atoms with Crippen molar-refractivity contribution in [3.63, 3.8) is 0 Å². The molecule has 1 aliphatic heterocycles. The van der Waals surface area contributed by atoms with Gasteiger partial charge in [-0.3, -0.25) is 4.99 Å². The Morgan fingerprint density at radius 2 is 2.05 bits per heavy atom. The van der Waals surface area contributed by atoms with Crippen molar-refractivity contribution in [2.45, 2.75) is 45.0 Å². The molecule has 1 rings (SSSR count). The number of guanidine groups is 1. The predicted octanol–water partition coefficient (Wildman–Crippen LogP) is 1.91. The third-order valence-corrected chi connectivity index (χ3v) is 4.55. The summed E-state index contributed by atoms with van der Waals surface area (Å²) in [6, 6.07) is 0. The largest absolute Gasteiger partial charge is 0.444 e. The summed E-state index contributed by atoms with van der Waals surface area (Å²) in [5.41, 5.74) is -0.464. The fraction of sp³-hybridized carbons (Fsp3) is 0.867. The van der Waals surface area contributed by atoms with Gasteiger partial charge in [-0.25, -0.2) is 4.79 Å². The van der Waals surface area contributed by atoms with Crippen molar-refractivity contribution in [2.24, 2.45) is 4.99 Å². The first-order chi connectivity index (χ1) is 10.4. The molecule has 1 amide bonds. The Labute approximate surface area is 138 Å². The van der Waals surface area contributed by atoms with Crippen LogP contribution in [0.1, 0.15) is 34.1 Å². The quantitative estimate of drug-likeness (QED) is 0.468. The van der Waals surface area contributed by atoms with E-state index in [1.54, 1.807) is 7.05 Å². The number of nitrogens with zero attached hydrogens (tertiary/aromatic N) is 2. The highest BCUT2D eigenvalue weighted by molar-refractivity contribution is 8.00. The van der Waals surface area contributed by atoms with Crippen LogP contribution in [0.4, 0.5) is 4.79 Å². The van der Waals surface area contributed by atoms with Crippen LogP contribution in [0.2, 0.25) is 0 Å². The average molecular weight is 330 g/mol. The second kappa shape index (κ2) is 9.12. The lowest BCUT2D eigenvalue weighted by Gasteiger charge is -2.34. The van der Waals surface area contributed by atoms with Gasteiger partial charge in [-0.2, -0.15) is 11.8 Å². The number of amides is 1. The molecule has 0 aromatic rings. The molecule has 1 atom stereocenters. The van der Waals surface area contributed by atoms with E-state index in [0.717, 1.165) is 24.8 Å². The number of alkyl carbamates (subject to hydrolysis) is 1. The SMILES string of the molecule is CCC1CN(C(=NC)NCCNC(=O)OC(C)(C)C)CCS1. The zero-order valence-electron chi connectivity index (χ0n) is 14.4. The number of rotatable bonds is 4. The van der Waals surface area contributed by atoms with Gasteiger partial charge in [0.15, 0.2) is 5.96 Å². The lowest BCUT2D eigenvalue weighted by Crippen LogP contribution is -2.49. The molecule has 1 heterocycles. The lowest BCUT2D eigenvalue weighted by atomic mass is 10.2. The maximum absolute atomic E-state index is 11.6. The summed E-state index contributed by atoms with van der Waals surface area (Å²) in [5, 5.41) is 6.71. The smallest absolute Gasteiger partial charge is 0.407 e. The van der Waals surface area contributed by atoms with Crippen LogP contribution in [0.15, 0.2) is 4.99 Å². The second-order valence-electron chi connectivity index (χ2n) is 6.25. The van der Waals surface area contributed by atoms with Crippen molar-refractivity contribution in [3.05, 3.63) is 0 Å². The molecule has 1 unspecified atom stereocenters. The number of thioether (sulfide) groups is 1. The average Bonchev–Trinajstić information content (AvgIpc) is 2.45. The van der Waals surface area contributed by atoms with E-state index in [1.807, 2.05) is 32.5 Å². The standard InChI is InChI=1S/C15H30N4O2S/c1-6-12-11-19(9-10-22-12)13(16-5)17-7-8-18-14(20)21-15(2,3)4/h12H,6-11H2,1-5H3,(H,16,17)(H,18,20). The predicted molar refractivity (Wildman–Crippen MR) is 93.7 cm³/mol. The number of ether oxygens (including phenoxy) is 1. The highest BCUT2D eigenvalue weighted by atomic mass is 32.2. The van der Waals surface area contributed by atoms with Crippen LogP contribution in [-0.4, -0.2) is 66.8 Å². The molecular formula is C15H30N4O2S. The summed E-state index contributed by atoms with van der Waals surface area (Å²) >= 11 is 2.03. The van der Waals surface area contributed by atoms with Gasteiger partial charge in [-0.1, -0.05) is 6.92 Å². The summed E-state index contributed by atoms with van der Waals surface area (Å²) in [4.78, 5) is 18.2. The zero-order valence-corrected chi connectivity index (χ0v) is 15.3. The van der Waals surface area contributed by atoms with Gasteiger partial charge in [0.05, 0.1) is 0 Å². The Balaban J connectivity index is 2.28. The highest BCUT2D eigenvalue weighted by Crippen LogP contribution is 2.20. The minimum Gasteiger partial charge on any atom is -0.444 e. The van der Waals surface area contributed by atoms with Crippen LogP contribution >= 0.6 is 11.8 Å². The fourth-order valence-electron chi connectivity index (χ4n) is 2.14. The molecule has 0 spiro atoms. The number of hydrogen-bond donors (Lipinski definition) is 2. The number of aliphatic imine (C=N–C) groups is 1. The number of carbonyl (C=O) groups is 1. The summed E-state index contributed by atoms with van der Waals surface area (Å²) in [6.45, 7) is 11.0. The second-order valence-corrected chi connectivity index (χ2v) is 7.66. The first-order valence-corrected chi connectivity index (χ1v) is 8.94. The van der Waals surface area contributed by atoms with E-state index in [9.17, 15) is 4.79 Å². The Morgan fingerprint density at radius 1 is 1.36 bits per heavy atom. The van der Waals surface area contributed by atoms with Gasteiger partial charge in [0, 0.05) is 44.2 Å². The van der Waals surface area contributed by atoms with Crippen molar-refractivity contribution in [3.8, 4) is 0 Å². The molecule has 0 aromatic carbocycles. The molecular weight excluding hydrogens is 300 g/mol. The molecule has 1 aliphatic rings. The molecule has 0 aromatic heterocycles. The van der Waals surface area contributed by atoms with Crippen LogP contribution < -0.4 is 10.6 Å². The van der Waals surface area contributed by atoms with Crippen molar-refractivity contribution < 1.29 is 9.53 Å². The van der Waals surface area contributed by atoms with E-state index in [4.69, 9.17) is 4.74 Å². The summed E-state index contributed by atoms with van der Waals surface area (Å²) < 4.78 is 5.19. The molecule has 0 aliphatic carbocycles. The summed E-state index contributed by atoms with van der Waals surface area (Å²) in [6.07, 6.45) is 0.794. The van der Waals surface area contributed by atoms with Crippen molar-refractivity contribution in [1.82, 2.24) is 15.5 Å². The Bertz CT molecular complexity index is 382. The third-order valence-electron chi connectivity index (χ3n) is 3.18. The van der Waals surface area contributed by atoms with Gasteiger partial charge in [0.1, 0.15) is 5.60 Å². The van der Waals surface area contributed by atoms with Gasteiger partial charge in [0.25, 0.3) is 0 Å². The first-order valence-electron chi connectivity index (χ1n) is 7.89. The summed E-state index contributed by atoms with van der Waals surface area (Å²) in [5.74, 6) is 2.04. The highest BCUT2D eigenvalue weighted by Gasteiger charge is 2.21. The Hall–Kier alpha value is -1.11. The van der Waals surface area contributed by atoms with E-state index in [-0.39, 0.29) is 6.09 Å². The monoisotopic (exact) mass is 330 g/mol. The van der Waals surface area contributed by atoms with Gasteiger partial charge in [-0.15, -0.1) is 0 Å². The van der Waals surface area contributed by atoms with E-state index >= 15 is 0 Å². The van der Waals surface area contributed by atoms with Gasteiger partial charge < -0.3 is 20.3 Å². The van der Waals surface area contributed by atoms with E-state index < -0.39 is 5.60 Å².